The number of carbonyl (C=O) groups is 4. The molecule has 0 aliphatic carbocycles. The van der Waals surface area contributed by atoms with Gasteiger partial charge in [0.05, 0.1) is 5.57 Å². The number of carbonyl (C=O) groups excluding carboxylic acids is 4. The van der Waals surface area contributed by atoms with Gasteiger partial charge in [0.1, 0.15) is 0 Å². The van der Waals surface area contributed by atoms with E-state index in [9.17, 15) is 19.2 Å². The second kappa shape index (κ2) is 7.31. The number of imide groups is 1. The fourth-order valence-electron chi connectivity index (χ4n) is 2.71. The molecule has 0 saturated carbocycles. The summed E-state index contributed by atoms with van der Waals surface area (Å²) in [5.41, 5.74) is 2.14. The zero-order chi connectivity index (χ0) is 19.6. The first-order valence-corrected chi connectivity index (χ1v) is 7.96. The van der Waals surface area contributed by atoms with Gasteiger partial charge in [-0.25, -0.2) is 0 Å². The molecule has 0 saturated heterocycles. The molecular formula is C20H20N2O4. The second-order valence-electron chi connectivity index (χ2n) is 6.12. The van der Waals surface area contributed by atoms with Gasteiger partial charge in [-0.05, 0) is 38.5 Å². The third kappa shape index (κ3) is 3.39. The fraction of sp³-hybridized carbons (Fsp3) is 0.200. The van der Waals surface area contributed by atoms with Crippen molar-refractivity contribution in [3.8, 4) is 0 Å². The summed E-state index contributed by atoms with van der Waals surface area (Å²) in [7, 11) is 1.37. The van der Waals surface area contributed by atoms with E-state index in [2.05, 4.69) is 11.9 Å². The average molecular weight is 352 g/mol. The Kier molecular flexibility index (Phi) is 5.35. The molecule has 1 heterocycles. The maximum absolute atomic E-state index is 12.4. The van der Waals surface area contributed by atoms with Crippen molar-refractivity contribution in [2.24, 2.45) is 0 Å². The van der Waals surface area contributed by atoms with E-state index in [0.717, 1.165) is 10.5 Å². The Morgan fingerprint density at radius 1 is 1.12 bits per heavy atom. The van der Waals surface area contributed by atoms with Gasteiger partial charge in [-0.2, -0.15) is 0 Å². The Morgan fingerprint density at radius 2 is 1.69 bits per heavy atom. The minimum Gasteiger partial charge on any atom is -0.322 e. The molecule has 1 aliphatic heterocycles. The summed E-state index contributed by atoms with van der Waals surface area (Å²) in [6, 6.07) is 7.15. The maximum atomic E-state index is 12.4. The first-order chi connectivity index (χ1) is 12.2. The average Bonchev–Trinajstić information content (AvgIpc) is 2.80. The van der Waals surface area contributed by atoms with Crippen LogP contribution in [0.1, 0.15) is 19.4 Å². The lowest BCUT2D eigenvalue weighted by atomic mass is 9.94. The van der Waals surface area contributed by atoms with Crippen LogP contribution in [0.3, 0.4) is 0 Å². The number of benzene rings is 1. The topological polar surface area (TPSA) is 83.6 Å². The number of rotatable bonds is 5. The summed E-state index contributed by atoms with van der Waals surface area (Å²) in [4.78, 5) is 49.2. The molecule has 1 aromatic carbocycles. The molecule has 0 atom stereocenters. The van der Waals surface area contributed by atoms with Crippen LogP contribution in [0.25, 0.3) is 0 Å². The van der Waals surface area contributed by atoms with Crippen LogP contribution in [-0.2, 0) is 19.2 Å². The van der Waals surface area contributed by atoms with Crippen LogP contribution < -0.4 is 5.32 Å². The molecule has 0 unspecified atom stereocenters. The highest BCUT2D eigenvalue weighted by Gasteiger charge is 2.35. The SMILES string of the molecule is C=C(C(=O)Nc1ccc(C)cc1)/C(C=O)=C(/C)C1=C(C)C(=O)N(C)C1=O. The van der Waals surface area contributed by atoms with E-state index in [1.807, 2.05) is 19.1 Å². The largest absolute Gasteiger partial charge is 0.322 e. The normalized spacial score (nSPS) is 15.2. The van der Waals surface area contributed by atoms with Crippen molar-refractivity contribution in [1.29, 1.82) is 0 Å². The van der Waals surface area contributed by atoms with Gasteiger partial charge in [-0.3, -0.25) is 24.1 Å². The van der Waals surface area contributed by atoms with Crippen LogP contribution in [0.2, 0.25) is 0 Å². The summed E-state index contributed by atoms with van der Waals surface area (Å²) >= 11 is 0. The molecule has 1 aromatic rings. The van der Waals surface area contributed by atoms with Crippen molar-refractivity contribution >= 4 is 29.7 Å². The summed E-state index contributed by atoms with van der Waals surface area (Å²) in [5, 5.41) is 2.66. The molecule has 1 N–H and O–H groups in total. The number of nitrogens with one attached hydrogen (secondary N) is 1. The van der Waals surface area contributed by atoms with Gasteiger partial charge in [-0.1, -0.05) is 24.3 Å². The summed E-state index contributed by atoms with van der Waals surface area (Å²) in [6.07, 6.45) is 0.475. The number of anilines is 1. The maximum Gasteiger partial charge on any atom is 0.261 e. The molecule has 0 spiro atoms. The van der Waals surface area contributed by atoms with Crippen LogP contribution in [0, 0.1) is 6.92 Å². The predicted molar refractivity (Wildman–Crippen MR) is 98.2 cm³/mol. The van der Waals surface area contributed by atoms with E-state index in [-0.39, 0.29) is 27.9 Å². The molecule has 0 radical (unpaired) electrons. The Labute approximate surface area is 151 Å². The van der Waals surface area contributed by atoms with Gasteiger partial charge in [0, 0.05) is 29.5 Å². The van der Waals surface area contributed by atoms with Gasteiger partial charge in [0.25, 0.3) is 17.7 Å². The molecule has 0 aromatic heterocycles. The molecule has 134 valence electrons. The number of aryl methyl sites for hydroxylation is 1. The van der Waals surface area contributed by atoms with Gasteiger partial charge >= 0.3 is 0 Å². The van der Waals surface area contributed by atoms with E-state index in [0.29, 0.717) is 12.0 Å². The van der Waals surface area contributed by atoms with E-state index in [1.165, 1.54) is 20.9 Å². The minimum atomic E-state index is -0.557. The molecule has 0 bridgehead atoms. The van der Waals surface area contributed by atoms with Gasteiger partial charge in [0.15, 0.2) is 6.29 Å². The van der Waals surface area contributed by atoms with Crippen LogP contribution in [0.4, 0.5) is 5.69 Å². The molecule has 1 aliphatic rings. The summed E-state index contributed by atoms with van der Waals surface area (Å²) < 4.78 is 0. The van der Waals surface area contributed by atoms with Crippen molar-refractivity contribution < 1.29 is 19.2 Å². The summed E-state index contributed by atoms with van der Waals surface area (Å²) in [5.74, 6) is -1.49. The first-order valence-electron chi connectivity index (χ1n) is 7.96. The summed E-state index contributed by atoms with van der Waals surface area (Å²) in [6.45, 7) is 8.65. The van der Waals surface area contributed by atoms with Gasteiger partial charge < -0.3 is 5.32 Å². The first kappa shape index (κ1) is 19.1. The van der Waals surface area contributed by atoms with Gasteiger partial charge in [0.2, 0.25) is 0 Å². The fourth-order valence-corrected chi connectivity index (χ4v) is 2.71. The molecule has 2 rings (SSSR count). The third-order valence-electron chi connectivity index (χ3n) is 4.32. The molecule has 26 heavy (non-hydrogen) atoms. The van der Waals surface area contributed by atoms with Crippen LogP contribution in [0.15, 0.2) is 58.7 Å². The standard InChI is InChI=1S/C20H20N2O4/c1-11-6-8-15(9-7-11)21-18(24)13(3)16(10-23)12(2)17-14(4)19(25)22(5)20(17)26/h6-10H,3H2,1-2,4-5H3,(H,21,24)/b16-12-. The van der Waals surface area contributed by atoms with Crippen molar-refractivity contribution in [3.63, 3.8) is 0 Å². The quantitative estimate of drug-likeness (QED) is 0.381. The number of hydrogen-bond donors (Lipinski definition) is 1. The third-order valence-corrected chi connectivity index (χ3v) is 4.32. The Morgan fingerprint density at radius 3 is 2.15 bits per heavy atom. The lowest BCUT2D eigenvalue weighted by molar-refractivity contribution is -0.135. The van der Waals surface area contributed by atoms with Gasteiger partial charge in [-0.15, -0.1) is 0 Å². The van der Waals surface area contributed by atoms with Crippen molar-refractivity contribution in [3.05, 3.63) is 64.3 Å². The Balaban J connectivity index is 2.35. The van der Waals surface area contributed by atoms with Crippen molar-refractivity contribution in [1.82, 2.24) is 4.90 Å². The van der Waals surface area contributed by atoms with Crippen LogP contribution in [0.5, 0.6) is 0 Å². The lowest BCUT2D eigenvalue weighted by Crippen LogP contribution is -2.27. The highest BCUT2D eigenvalue weighted by atomic mass is 16.2. The van der Waals surface area contributed by atoms with E-state index in [1.54, 1.807) is 12.1 Å². The molecule has 0 fully saturated rings. The number of amides is 3. The van der Waals surface area contributed by atoms with Crippen molar-refractivity contribution in [2.45, 2.75) is 20.8 Å². The van der Waals surface area contributed by atoms with E-state index < -0.39 is 17.7 Å². The molecule has 6 heteroatoms. The van der Waals surface area contributed by atoms with E-state index >= 15 is 0 Å². The van der Waals surface area contributed by atoms with Crippen LogP contribution >= 0.6 is 0 Å². The van der Waals surface area contributed by atoms with Crippen molar-refractivity contribution in [2.75, 3.05) is 12.4 Å². The zero-order valence-corrected chi connectivity index (χ0v) is 15.2. The van der Waals surface area contributed by atoms with E-state index in [4.69, 9.17) is 0 Å². The number of likely N-dealkylation sites (N-methyl/N-ethyl adjacent to an activating group) is 1. The number of nitrogens with zero attached hydrogens (tertiary/aromatic N) is 1. The Bertz CT molecular complexity index is 889. The molecule has 6 nitrogen and oxygen atoms in total. The lowest BCUT2D eigenvalue weighted by Gasteiger charge is -2.12. The highest BCUT2D eigenvalue weighted by Crippen LogP contribution is 2.28. The Hall–Kier alpha value is -3.28. The molecule has 3 amide bonds. The number of hydrogen-bond acceptors (Lipinski definition) is 4. The monoisotopic (exact) mass is 352 g/mol. The smallest absolute Gasteiger partial charge is 0.261 e. The minimum absolute atomic E-state index is 0.0135. The predicted octanol–water partition coefficient (Wildman–Crippen LogP) is 2.32. The zero-order valence-electron chi connectivity index (χ0n) is 15.2. The molecular weight excluding hydrogens is 332 g/mol. The number of aldehydes is 1. The van der Waals surface area contributed by atoms with Crippen LogP contribution in [-0.4, -0.2) is 36.0 Å². The highest BCUT2D eigenvalue weighted by molar-refractivity contribution is 6.22. The second-order valence-corrected chi connectivity index (χ2v) is 6.12.